The summed E-state index contributed by atoms with van der Waals surface area (Å²) in [4.78, 5) is 12.0. The molecule has 2 rings (SSSR count). The van der Waals surface area contributed by atoms with Gasteiger partial charge in [-0.25, -0.2) is 13.1 Å². The zero-order valence-electron chi connectivity index (χ0n) is 12.4. The predicted octanol–water partition coefficient (Wildman–Crippen LogP) is 3.87. The molecule has 0 aliphatic carbocycles. The van der Waals surface area contributed by atoms with Gasteiger partial charge in [0.1, 0.15) is 0 Å². The van der Waals surface area contributed by atoms with E-state index >= 15 is 0 Å². The molecule has 5 nitrogen and oxygen atoms in total. The fourth-order valence-corrected chi connectivity index (χ4v) is 3.35. The van der Waals surface area contributed by atoms with Crippen LogP contribution < -0.4 is 10.0 Å². The number of aryl methyl sites for hydroxylation is 1. The highest BCUT2D eigenvalue weighted by Crippen LogP contribution is 2.32. The first-order chi connectivity index (χ1) is 11.2. The first-order valence-electron chi connectivity index (χ1n) is 6.70. The molecule has 1 amide bonds. The highest BCUT2D eigenvalue weighted by Gasteiger charge is 2.16. The second-order valence-electron chi connectivity index (χ2n) is 4.93. The number of hydrogen-bond acceptors (Lipinski definition) is 3. The molecule has 2 aromatic carbocycles. The summed E-state index contributed by atoms with van der Waals surface area (Å²) in [6, 6.07) is 9.04. The summed E-state index contributed by atoms with van der Waals surface area (Å²) in [6.07, 6.45) is 0. The molecule has 0 atom stereocenters. The number of nitrogens with one attached hydrogen (secondary N) is 2. The van der Waals surface area contributed by atoms with Gasteiger partial charge in [-0.05, 0) is 31.2 Å². The second kappa shape index (κ2) is 7.72. The van der Waals surface area contributed by atoms with E-state index in [4.69, 9.17) is 34.8 Å². The third kappa shape index (κ3) is 4.84. The molecule has 0 radical (unpaired) electrons. The van der Waals surface area contributed by atoms with Crippen molar-refractivity contribution >= 4 is 56.4 Å². The zero-order valence-corrected chi connectivity index (χ0v) is 15.5. The van der Waals surface area contributed by atoms with Crippen LogP contribution in [0.15, 0.2) is 41.3 Å². The lowest BCUT2D eigenvalue weighted by molar-refractivity contribution is -0.115. The molecule has 128 valence electrons. The molecule has 0 saturated heterocycles. The zero-order chi connectivity index (χ0) is 17.9. The lowest BCUT2D eigenvalue weighted by atomic mass is 10.2. The normalized spacial score (nSPS) is 11.3. The summed E-state index contributed by atoms with van der Waals surface area (Å²) in [7, 11) is -3.78. The molecule has 0 aliphatic heterocycles. The summed E-state index contributed by atoms with van der Waals surface area (Å²) >= 11 is 17.6. The van der Waals surface area contributed by atoms with Gasteiger partial charge in [-0.3, -0.25) is 4.79 Å². The van der Waals surface area contributed by atoms with E-state index in [0.29, 0.717) is 0 Å². The van der Waals surface area contributed by atoms with Crippen LogP contribution in [-0.2, 0) is 14.8 Å². The van der Waals surface area contributed by atoms with E-state index in [1.165, 1.54) is 24.3 Å². The molecule has 0 saturated carbocycles. The predicted molar refractivity (Wildman–Crippen MR) is 96.5 cm³/mol. The van der Waals surface area contributed by atoms with Crippen LogP contribution in [0.3, 0.4) is 0 Å². The summed E-state index contributed by atoms with van der Waals surface area (Å²) in [5.41, 5.74) is 1.17. The maximum absolute atomic E-state index is 12.1. The van der Waals surface area contributed by atoms with Crippen molar-refractivity contribution in [1.29, 1.82) is 0 Å². The second-order valence-corrected chi connectivity index (χ2v) is 7.92. The van der Waals surface area contributed by atoms with Crippen LogP contribution in [0.1, 0.15) is 5.56 Å². The first kappa shape index (κ1) is 19.0. The molecule has 0 fully saturated rings. The molecule has 2 aromatic rings. The lowest BCUT2D eigenvalue weighted by Gasteiger charge is -2.10. The quantitative estimate of drug-likeness (QED) is 0.739. The minimum absolute atomic E-state index is 0.0773. The fraction of sp³-hybridized carbons (Fsp3) is 0.133. The number of carbonyl (C=O) groups excluding carboxylic acids is 1. The van der Waals surface area contributed by atoms with E-state index < -0.39 is 22.5 Å². The summed E-state index contributed by atoms with van der Waals surface area (Å²) in [5, 5.41) is 3.13. The number of hydrogen-bond donors (Lipinski definition) is 2. The molecule has 0 aliphatic rings. The summed E-state index contributed by atoms with van der Waals surface area (Å²) in [6.45, 7) is 1.39. The van der Waals surface area contributed by atoms with Crippen LogP contribution >= 0.6 is 34.8 Å². The highest BCUT2D eigenvalue weighted by molar-refractivity contribution is 7.89. The molecule has 0 spiro atoms. The van der Waals surface area contributed by atoms with Crippen molar-refractivity contribution in [2.75, 3.05) is 11.9 Å². The Morgan fingerprint density at radius 1 is 1.00 bits per heavy atom. The van der Waals surface area contributed by atoms with Crippen LogP contribution in [0.4, 0.5) is 5.69 Å². The van der Waals surface area contributed by atoms with Crippen molar-refractivity contribution in [3.05, 3.63) is 57.0 Å². The van der Waals surface area contributed by atoms with Crippen LogP contribution in [0.25, 0.3) is 0 Å². The molecular formula is C15H13Cl3N2O3S. The van der Waals surface area contributed by atoms with Gasteiger partial charge in [-0.1, -0.05) is 52.5 Å². The van der Waals surface area contributed by atoms with E-state index in [1.807, 2.05) is 6.92 Å². The van der Waals surface area contributed by atoms with Crippen molar-refractivity contribution in [1.82, 2.24) is 4.72 Å². The van der Waals surface area contributed by atoms with Crippen LogP contribution in [0.5, 0.6) is 0 Å². The van der Waals surface area contributed by atoms with Crippen LogP contribution in [-0.4, -0.2) is 20.9 Å². The smallest absolute Gasteiger partial charge is 0.241 e. The Hall–Kier alpha value is -1.31. The third-order valence-electron chi connectivity index (χ3n) is 3.04. The maximum Gasteiger partial charge on any atom is 0.241 e. The Bertz CT molecular complexity index is 868. The minimum atomic E-state index is -3.78. The van der Waals surface area contributed by atoms with E-state index in [0.717, 1.165) is 5.56 Å². The Labute approximate surface area is 155 Å². The van der Waals surface area contributed by atoms with Crippen LogP contribution in [0.2, 0.25) is 15.1 Å². The number of carbonyl (C=O) groups is 1. The average molecular weight is 408 g/mol. The molecular weight excluding hydrogens is 395 g/mol. The van der Waals surface area contributed by atoms with E-state index in [2.05, 4.69) is 10.0 Å². The molecule has 0 aromatic heterocycles. The average Bonchev–Trinajstić information content (AvgIpc) is 2.51. The van der Waals surface area contributed by atoms with Crippen molar-refractivity contribution in [3.8, 4) is 0 Å². The minimum Gasteiger partial charge on any atom is -0.324 e. The van der Waals surface area contributed by atoms with Gasteiger partial charge in [-0.2, -0.15) is 0 Å². The van der Waals surface area contributed by atoms with Crippen molar-refractivity contribution in [2.45, 2.75) is 11.8 Å². The molecule has 2 N–H and O–H groups in total. The molecule has 24 heavy (non-hydrogen) atoms. The van der Waals surface area contributed by atoms with Gasteiger partial charge < -0.3 is 5.32 Å². The maximum atomic E-state index is 12.1. The number of rotatable bonds is 5. The van der Waals surface area contributed by atoms with E-state index in [9.17, 15) is 13.2 Å². The van der Waals surface area contributed by atoms with Gasteiger partial charge in [0, 0.05) is 0 Å². The van der Waals surface area contributed by atoms with Crippen molar-refractivity contribution < 1.29 is 13.2 Å². The SMILES string of the molecule is Cc1ccc(S(=O)(=O)NCC(=O)Nc2cc(Cl)c(Cl)cc2Cl)cc1. The van der Waals surface area contributed by atoms with Gasteiger partial charge >= 0.3 is 0 Å². The molecule has 0 heterocycles. The number of anilines is 1. The lowest BCUT2D eigenvalue weighted by Crippen LogP contribution is -2.33. The van der Waals surface area contributed by atoms with Gasteiger partial charge in [0.2, 0.25) is 15.9 Å². The standard InChI is InChI=1S/C15H13Cl3N2O3S/c1-9-2-4-10(5-3-9)24(22,23)19-8-15(21)20-14-7-12(17)11(16)6-13(14)18/h2-7,19H,8H2,1H3,(H,20,21). The fourth-order valence-electron chi connectivity index (χ4n) is 1.77. The Balaban J connectivity index is 2.03. The highest BCUT2D eigenvalue weighted by atomic mass is 35.5. The number of amides is 1. The summed E-state index contributed by atoms with van der Waals surface area (Å²) in [5.74, 6) is -0.592. The monoisotopic (exact) mass is 406 g/mol. The van der Waals surface area contributed by atoms with Crippen LogP contribution in [0, 0.1) is 6.92 Å². The largest absolute Gasteiger partial charge is 0.324 e. The topological polar surface area (TPSA) is 75.3 Å². The van der Waals surface area contributed by atoms with E-state index in [-0.39, 0.29) is 25.7 Å². The Morgan fingerprint density at radius 3 is 2.21 bits per heavy atom. The van der Waals surface area contributed by atoms with Gasteiger partial charge in [0.25, 0.3) is 0 Å². The number of sulfonamides is 1. The molecule has 0 unspecified atom stereocenters. The van der Waals surface area contributed by atoms with E-state index in [1.54, 1.807) is 12.1 Å². The molecule has 9 heteroatoms. The Morgan fingerprint density at radius 2 is 1.58 bits per heavy atom. The van der Waals surface area contributed by atoms with Gasteiger partial charge in [0.15, 0.2) is 0 Å². The molecule has 0 bridgehead atoms. The van der Waals surface area contributed by atoms with Gasteiger partial charge in [0.05, 0.1) is 32.2 Å². The number of halogens is 3. The third-order valence-corrected chi connectivity index (χ3v) is 5.49. The van der Waals surface area contributed by atoms with Crippen molar-refractivity contribution in [2.24, 2.45) is 0 Å². The Kier molecular flexibility index (Phi) is 6.11. The first-order valence-corrected chi connectivity index (χ1v) is 9.31. The number of benzene rings is 2. The van der Waals surface area contributed by atoms with Crippen molar-refractivity contribution in [3.63, 3.8) is 0 Å². The summed E-state index contributed by atoms with van der Waals surface area (Å²) < 4.78 is 26.4. The van der Waals surface area contributed by atoms with Gasteiger partial charge in [-0.15, -0.1) is 0 Å².